The zero-order valence-corrected chi connectivity index (χ0v) is 12.5. The summed E-state index contributed by atoms with van der Waals surface area (Å²) < 4.78 is 5.54. The first-order valence-electron chi connectivity index (χ1n) is 6.66. The number of nitrogens with zero attached hydrogens (tertiary/aromatic N) is 1. The number of anilines is 2. The number of halogens is 1. The van der Waals surface area contributed by atoms with Gasteiger partial charge in [0.25, 0.3) is 0 Å². The Morgan fingerprint density at radius 1 is 1.55 bits per heavy atom. The molecular formula is C14H20ClN3O2. The van der Waals surface area contributed by atoms with Gasteiger partial charge >= 0.3 is 0 Å². The molecule has 2 atom stereocenters. The van der Waals surface area contributed by atoms with Crippen LogP contribution in [-0.2, 0) is 9.53 Å². The highest BCUT2D eigenvalue weighted by atomic mass is 35.5. The summed E-state index contributed by atoms with van der Waals surface area (Å²) in [6, 6.07) is 5.31. The summed E-state index contributed by atoms with van der Waals surface area (Å²) in [5.74, 6) is -0.0623. The van der Waals surface area contributed by atoms with E-state index >= 15 is 0 Å². The first-order valence-corrected chi connectivity index (χ1v) is 7.04. The van der Waals surface area contributed by atoms with Crippen molar-refractivity contribution in [3.8, 4) is 0 Å². The summed E-state index contributed by atoms with van der Waals surface area (Å²) in [5, 5.41) is 3.32. The fourth-order valence-electron chi connectivity index (χ4n) is 2.20. The number of ether oxygens (including phenoxy) is 1. The molecule has 1 aliphatic heterocycles. The Morgan fingerprint density at radius 3 is 3.00 bits per heavy atom. The number of benzene rings is 1. The minimum atomic E-state index is -0.0623. The number of nitrogens with two attached hydrogens (primary N) is 1. The minimum Gasteiger partial charge on any atom is -0.397 e. The summed E-state index contributed by atoms with van der Waals surface area (Å²) in [7, 11) is 0. The van der Waals surface area contributed by atoms with E-state index in [9.17, 15) is 4.79 Å². The predicted octanol–water partition coefficient (Wildman–Crippen LogP) is 1.97. The number of carbonyl (C=O) groups excluding carboxylic acids is 1. The summed E-state index contributed by atoms with van der Waals surface area (Å²) in [4.78, 5) is 14.2. The van der Waals surface area contributed by atoms with Gasteiger partial charge in [-0.3, -0.25) is 9.69 Å². The van der Waals surface area contributed by atoms with Crippen LogP contribution in [0.3, 0.4) is 0 Å². The molecule has 1 heterocycles. The van der Waals surface area contributed by atoms with Crippen molar-refractivity contribution in [1.29, 1.82) is 0 Å². The van der Waals surface area contributed by atoms with E-state index in [1.807, 2.05) is 6.92 Å². The van der Waals surface area contributed by atoms with Crippen molar-refractivity contribution < 1.29 is 9.53 Å². The molecule has 1 amide bonds. The van der Waals surface area contributed by atoms with Crippen molar-refractivity contribution in [2.24, 2.45) is 0 Å². The van der Waals surface area contributed by atoms with Gasteiger partial charge in [0.2, 0.25) is 5.91 Å². The molecule has 5 nitrogen and oxygen atoms in total. The Labute approximate surface area is 124 Å². The van der Waals surface area contributed by atoms with Crippen molar-refractivity contribution in [2.45, 2.75) is 26.0 Å². The second-order valence-corrected chi connectivity index (χ2v) is 5.61. The quantitative estimate of drug-likeness (QED) is 0.837. The summed E-state index contributed by atoms with van der Waals surface area (Å²) in [6.45, 7) is 5.83. The standard InChI is InChI=1S/C14H20ClN3O2/c1-9-8-20-10(2)6-18(9)7-14(19)17-11-3-4-12(15)13(16)5-11/h3-5,9-10H,6-8,16H2,1-2H3,(H,17,19). The SMILES string of the molecule is CC1CN(CC(=O)Nc2ccc(Cl)c(N)c2)C(C)CO1. The van der Waals surface area contributed by atoms with Crippen molar-refractivity contribution >= 4 is 28.9 Å². The van der Waals surface area contributed by atoms with Gasteiger partial charge in [-0.15, -0.1) is 0 Å². The highest BCUT2D eigenvalue weighted by molar-refractivity contribution is 6.33. The highest BCUT2D eigenvalue weighted by Crippen LogP contribution is 2.22. The molecule has 1 fully saturated rings. The van der Waals surface area contributed by atoms with Crippen LogP contribution in [0.25, 0.3) is 0 Å². The van der Waals surface area contributed by atoms with E-state index < -0.39 is 0 Å². The third-order valence-corrected chi connectivity index (χ3v) is 3.71. The number of nitrogens with one attached hydrogen (secondary N) is 1. The largest absolute Gasteiger partial charge is 0.397 e. The molecule has 110 valence electrons. The molecular weight excluding hydrogens is 278 g/mol. The normalized spacial score (nSPS) is 23.6. The smallest absolute Gasteiger partial charge is 0.238 e. The van der Waals surface area contributed by atoms with Crippen LogP contribution in [-0.4, -0.2) is 42.6 Å². The molecule has 0 spiro atoms. The van der Waals surface area contributed by atoms with Crippen LogP contribution in [0.5, 0.6) is 0 Å². The summed E-state index contributed by atoms with van der Waals surface area (Å²) in [6.07, 6.45) is 0.158. The number of rotatable bonds is 3. The zero-order valence-electron chi connectivity index (χ0n) is 11.7. The van der Waals surface area contributed by atoms with Crippen molar-refractivity contribution in [2.75, 3.05) is 30.7 Å². The maximum Gasteiger partial charge on any atom is 0.238 e. The number of carbonyl (C=O) groups is 1. The number of amides is 1. The number of hydrogen-bond donors (Lipinski definition) is 2. The van der Waals surface area contributed by atoms with Crippen LogP contribution >= 0.6 is 11.6 Å². The van der Waals surface area contributed by atoms with Crippen LogP contribution in [0.4, 0.5) is 11.4 Å². The third kappa shape index (κ3) is 3.85. The van der Waals surface area contributed by atoms with Gasteiger partial charge in [0.05, 0.1) is 30.0 Å². The molecule has 0 aliphatic carbocycles. The molecule has 1 aliphatic rings. The van der Waals surface area contributed by atoms with Gasteiger partial charge < -0.3 is 15.8 Å². The van der Waals surface area contributed by atoms with Crippen LogP contribution in [0.1, 0.15) is 13.8 Å². The Hall–Kier alpha value is -1.30. The van der Waals surface area contributed by atoms with Crippen molar-refractivity contribution in [3.63, 3.8) is 0 Å². The van der Waals surface area contributed by atoms with E-state index in [-0.39, 0.29) is 18.1 Å². The van der Waals surface area contributed by atoms with Crippen molar-refractivity contribution in [3.05, 3.63) is 23.2 Å². The van der Waals surface area contributed by atoms with E-state index in [1.54, 1.807) is 18.2 Å². The van der Waals surface area contributed by atoms with E-state index in [2.05, 4.69) is 17.1 Å². The van der Waals surface area contributed by atoms with E-state index in [1.165, 1.54) is 0 Å². The Bertz CT molecular complexity index is 495. The fourth-order valence-corrected chi connectivity index (χ4v) is 2.32. The molecule has 2 unspecified atom stereocenters. The lowest BCUT2D eigenvalue weighted by atomic mass is 10.2. The second kappa shape index (κ2) is 6.43. The monoisotopic (exact) mass is 297 g/mol. The lowest BCUT2D eigenvalue weighted by Crippen LogP contribution is -2.50. The lowest BCUT2D eigenvalue weighted by molar-refractivity contribution is -0.121. The van der Waals surface area contributed by atoms with Crippen LogP contribution in [0.15, 0.2) is 18.2 Å². The fraction of sp³-hybridized carbons (Fsp3) is 0.500. The van der Waals surface area contributed by atoms with Crippen molar-refractivity contribution in [1.82, 2.24) is 4.90 Å². The molecule has 0 aromatic heterocycles. The first kappa shape index (κ1) is 15.1. The molecule has 20 heavy (non-hydrogen) atoms. The number of morpholine rings is 1. The highest BCUT2D eigenvalue weighted by Gasteiger charge is 2.25. The van der Waals surface area contributed by atoms with Gasteiger partial charge in [-0.25, -0.2) is 0 Å². The maximum atomic E-state index is 12.1. The topological polar surface area (TPSA) is 67.6 Å². The third-order valence-electron chi connectivity index (χ3n) is 3.36. The second-order valence-electron chi connectivity index (χ2n) is 5.21. The van der Waals surface area contributed by atoms with E-state index in [0.717, 1.165) is 6.54 Å². The number of hydrogen-bond acceptors (Lipinski definition) is 4. The molecule has 1 saturated heterocycles. The average Bonchev–Trinajstić information content (AvgIpc) is 2.38. The first-order chi connectivity index (χ1) is 9.45. The molecule has 0 radical (unpaired) electrons. The van der Waals surface area contributed by atoms with E-state index in [4.69, 9.17) is 22.1 Å². The molecule has 1 aromatic carbocycles. The minimum absolute atomic E-state index is 0.0623. The Kier molecular flexibility index (Phi) is 4.86. The van der Waals surface area contributed by atoms with Crippen LogP contribution in [0, 0.1) is 0 Å². The lowest BCUT2D eigenvalue weighted by Gasteiger charge is -2.36. The van der Waals surface area contributed by atoms with Crippen LogP contribution < -0.4 is 11.1 Å². The Balaban J connectivity index is 1.93. The maximum absolute atomic E-state index is 12.1. The summed E-state index contributed by atoms with van der Waals surface area (Å²) >= 11 is 5.85. The predicted molar refractivity (Wildman–Crippen MR) is 80.9 cm³/mol. The van der Waals surface area contributed by atoms with E-state index in [0.29, 0.717) is 29.5 Å². The zero-order chi connectivity index (χ0) is 14.7. The van der Waals surface area contributed by atoms with Gasteiger partial charge in [0.15, 0.2) is 0 Å². The molecule has 3 N–H and O–H groups in total. The van der Waals surface area contributed by atoms with Gasteiger partial charge in [-0.2, -0.15) is 0 Å². The average molecular weight is 298 g/mol. The van der Waals surface area contributed by atoms with Gasteiger partial charge in [-0.1, -0.05) is 11.6 Å². The van der Waals surface area contributed by atoms with Gasteiger partial charge in [0, 0.05) is 18.3 Å². The molecule has 1 aromatic rings. The molecule has 0 saturated carbocycles. The van der Waals surface area contributed by atoms with Gasteiger partial charge in [0.1, 0.15) is 0 Å². The number of nitrogen functional groups attached to an aromatic ring is 1. The van der Waals surface area contributed by atoms with Gasteiger partial charge in [-0.05, 0) is 32.0 Å². The molecule has 0 bridgehead atoms. The molecule has 2 rings (SSSR count). The Morgan fingerprint density at radius 2 is 2.30 bits per heavy atom. The molecule has 6 heteroatoms. The summed E-state index contributed by atoms with van der Waals surface area (Å²) in [5.41, 5.74) is 6.83. The van der Waals surface area contributed by atoms with Crippen LogP contribution in [0.2, 0.25) is 5.02 Å².